The smallest absolute Gasteiger partial charge is 0.0978 e. The Bertz CT molecular complexity index is 585. The van der Waals surface area contributed by atoms with E-state index < -0.39 is 11.3 Å². The number of halogens is 1. The molecule has 1 aromatic carbocycles. The van der Waals surface area contributed by atoms with Crippen LogP contribution in [-0.4, -0.2) is 0 Å². The molecule has 3 rings (SSSR count). The van der Waals surface area contributed by atoms with E-state index in [0.29, 0.717) is 0 Å². The first kappa shape index (κ1) is 9.57. The Hall–Kier alpha value is -0.650. The lowest BCUT2D eigenvalue weighted by atomic mass is 10.3. The van der Waals surface area contributed by atoms with Gasteiger partial charge in [0.15, 0.2) is 0 Å². The average molecular weight is 299 g/mol. The van der Waals surface area contributed by atoms with Crippen molar-refractivity contribution in [3.8, 4) is 0 Å². The number of rotatable bonds is 1. The second-order valence-electron chi connectivity index (χ2n) is 3.06. The van der Waals surface area contributed by atoms with E-state index >= 15 is 0 Å². The maximum absolute atomic E-state index is 4.62. The van der Waals surface area contributed by atoms with E-state index in [1.165, 1.54) is 4.21 Å². The summed E-state index contributed by atoms with van der Waals surface area (Å²) in [5.41, 5.74) is 0. The van der Waals surface area contributed by atoms with Crippen molar-refractivity contribution < 1.29 is 0 Å². The van der Waals surface area contributed by atoms with Crippen molar-refractivity contribution in [1.82, 2.24) is 0 Å². The van der Waals surface area contributed by atoms with Crippen molar-refractivity contribution in [1.29, 1.82) is 0 Å². The SMILES string of the molecule is Brc1ccc([SH]2N=c3ccccc3=N2)s1. The maximum Gasteiger partial charge on any atom is 0.0978 e. The van der Waals surface area contributed by atoms with Gasteiger partial charge in [0, 0.05) is 0 Å². The number of hydrogen-bond donors (Lipinski definition) is 1. The Balaban J connectivity index is 2.11. The number of nitrogens with zero attached hydrogens (tertiary/aromatic N) is 2. The Labute approximate surface area is 102 Å². The van der Waals surface area contributed by atoms with Crippen LogP contribution in [0.15, 0.2) is 53.2 Å². The molecule has 0 bridgehead atoms. The molecule has 15 heavy (non-hydrogen) atoms. The monoisotopic (exact) mass is 298 g/mol. The van der Waals surface area contributed by atoms with E-state index in [-0.39, 0.29) is 0 Å². The fraction of sp³-hybridized carbons (Fsp3) is 0. The van der Waals surface area contributed by atoms with Gasteiger partial charge in [-0.2, -0.15) is 0 Å². The zero-order valence-corrected chi connectivity index (χ0v) is 10.9. The predicted octanol–water partition coefficient (Wildman–Crippen LogP) is 2.65. The molecule has 0 atom stereocenters. The molecule has 0 fully saturated rings. The molecule has 0 N–H and O–H groups in total. The fourth-order valence-corrected chi connectivity index (χ4v) is 4.94. The summed E-state index contributed by atoms with van der Waals surface area (Å²) in [7, 11) is 0. The largest absolute Gasteiger partial charge is 0.213 e. The van der Waals surface area contributed by atoms with Gasteiger partial charge in [-0.15, -0.1) is 11.3 Å². The van der Waals surface area contributed by atoms with E-state index in [2.05, 4.69) is 36.9 Å². The first-order valence-corrected chi connectivity index (χ1v) is 7.26. The minimum absolute atomic E-state index is 0.708. The van der Waals surface area contributed by atoms with Crippen LogP contribution in [0.5, 0.6) is 0 Å². The molecule has 0 amide bonds. The average Bonchev–Trinajstić information content (AvgIpc) is 2.82. The molecule has 0 saturated carbocycles. The number of fused-ring (bicyclic) bond motifs is 1. The number of benzene rings is 1. The highest BCUT2D eigenvalue weighted by atomic mass is 79.9. The molecule has 1 aliphatic rings. The maximum atomic E-state index is 4.62. The molecule has 0 aliphatic carbocycles. The standard InChI is InChI=1S/C10H7BrN2S2/c11-9-5-6-10(14-9)15-12-7-3-1-2-4-8(7)13-15/h1-6,15H. The number of thiol groups is 1. The Morgan fingerprint density at radius 1 is 1.00 bits per heavy atom. The van der Waals surface area contributed by atoms with Crippen LogP contribution in [0.25, 0.3) is 0 Å². The van der Waals surface area contributed by atoms with Crippen LogP contribution in [0, 0.1) is 0 Å². The minimum Gasteiger partial charge on any atom is -0.213 e. The lowest BCUT2D eigenvalue weighted by Gasteiger charge is -2.02. The lowest BCUT2D eigenvalue weighted by molar-refractivity contribution is 1.37. The highest BCUT2D eigenvalue weighted by Crippen LogP contribution is 2.44. The van der Waals surface area contributed by atoms with Crippen molar-refractivity contribution in [2.75, 3.05) is 0 Å². The molecule has 0 saturated heterocycles. The molecule has 1 aromatic heterocycles. The molecule has 0 radical (unpaired) electrons. The number of para-hydroxylation sites is 2. The van der Waals surface area contributed by atoms with Crippen molar-refractivity contribution in [3.63, 3.8) is 0 Å². The molecule has 1 aliphatic heterocycles. The molecular formula is C10H7BrN2S2. The summed E-state index contributed by atoms with van der Waals surface area (Å²) < 4.78 is 11.6. The second-order valence-corrected chi connectivity index (χ2v) is 7.28. The summed E-state index contributed by atoms with van der Waals surface area (Å²) in [6.07, 6.45) is 0. The van der Waals surface area contributed by atoms with Gasteiger partial charge >= 0.3 is 0 Å². The summed E-state index contributed by atoms with van der Waals surface area (Å²) in [6, 6.07) is 12.2. The van der Waals surface area contributed by atoms with Gasteiger partial charge in [-0.3, -0.25) is 0 Å². The van der Waals surface area contributed by atoms with Crippen LogP contribution >= 0.6 is 38.5 Å². The molecule has 0 unspecified atom stereocenters. The topological polar surface area (TPSA) is 24.7 Å². The summed E-state index contributed by atoms with van der Waals surface area (Å²) in [4.78, 5) is 0. The zero-order chi connectivity index (χ0) is 10.3. The number of hydrogen-bond acceptors (Lipinski definition) is 3. The summed E-state index contributed by atoms with van der Waals surface area (Å²) in [6.45, 7) is 0. The van der Waals surface area contributed by atoms with E-state index in [1.54, 1.807) is 11.3 Å². The molecule has 2 aromatic rings. The van der Waals surface area contributed by atoms with E-state index in [0.717, 1.165) is 14.5 Å². The van der Waals surface area contributed by atoms with Gasteiger partial charge < -0.3 is 0 Å². The third-order valence-corrected chi connectivity index (χ3v) is 5.59. The highest BCUT2D eigenvalue weighted by molar-refractivity contribution is 9.11. The third-order valence-electron chi connectivity index (χ3n) is 2.04. The van der Waals surface area contributed by atoms with Crippen molar-refractivity contribution in [2.24, 2.45) is 8.80 Å². The van der Waals surface area contributed by atoms with Crippen LogP contribution in [-0.2, 0) is 0 Å². The molecule has 76 valence electrons. The van der Waals surface area contributed by atoms with Crippen molar-refractivity contribution in [2.45, 2.75) is 4.21 Å². The Kier molecular flexibility index (Phi) is 2.38. The second kappa shape index (κ2) is 3.73. The first-order chi connectivity index (χ1) is 7.33. The van der Waals surface area contributed by atoms with Gasteiger partial charge in [-0.05, 0) is 51.5 Å². The van der Waals surface area contributed by atoms with Crippen LogP contribution < -0.4 is 10.7 Å². The Morgan fingerprint density at radius 3 is 2.20 bits per heavy atom. The van der Waals surface area contributed by atoms with Crippen LogP contribution in [0.2, 0.25) is 0 Å². The quantitative estimate of drug-likeness (QED) is 0.783. The van der Waals surface area contributed by atoms with Crippen molar-refractivity contribution in [3.05, 3.63) is 50.9 Å². The van der Waals surface area contributed by atoms with Gasteiger partial charge in [0.2, 0.25) is 0 Å². The molecule has 5 heteroatoms. The van der Waals surface area contributed by atoms with Gasteiger partial charge in [-0.1, -0.05) is 12.1 Å². The summed E-state index contributed by atoms with van der Waals surface area (Å²) in [5, 5.41) is 2.04. The first-order valence-electron chi connectivity index (χ1n) is 4.41. The Morgan fingerprint density at radius 2 is 1.67 bits per heavy atom. The van der Waals surface area contributed by atoms with Crippen LogP contribution in [0.4, 0.5) is 0 Å². The fourth-order valence-electron chi connectivity index (χ4n) is 1.37. The summed E-state index contributed by atoms with van der Waals surface area (Å²) >= 11 is 4.47. The third kappa shape index (κ3) is 1.75. The highest BCUT2D eigenvalue weighted by Gasteiger charge is 2.10. The zero-order valence-electron chi connectivity index (χ0n) is 7.59. The molecular weight excluding hydrogens is 292 g/mol. The normalized spacial score (nSPS) is 15.7. The molecule has 2 heterocycles. The van der Waals surface area contributed by atoms with E-state index in [1.807, 2.05) is 24.3 Å². The number of thiophene rings is 1. The predicted molar refractivity (Wildman–Crippen MR) is 68.0 cm³/mol. The molecule has 2 nitrogen and oxygen atoms in total. The van der Waals surface area contributed by atoms with Crippen molar-refractivity contribution >= 4 is 38.5 Å². The van der Waals surface area contributed by atoms with Crippen LogP contribution in [0.3, 0.4) is 0 Å². The van der Waals surface area contributed by atoms with Gasteiger partial charge in [-0.25, -0.2) is 8.80 Å². The van der Waals surface area contributed by atoms with Crippen LogP contribution in [0.1, 0.15) is 0 Å². The van der Waals surface area contributed by atoms with E-state index in [9.17, 15) is 0 Å². The molecule has 0 spiro atoms. The minimum atomic E-state index is -0.708. The van der Waals surface area contributed by atoms with Gasteiger partial charge in [0.25, 0.3) is 0 Å². The van der Waals surface area contributed by atoms with E-state index in [4.69, 9.17) is 0 Å². The van der Waals surface area contributed by atoms with Gasteiger partial charge in [0.1, 0.15) is 0 Å². The summed E-state index contributed by atoms with van der Waals surface area (Å²) in [5.74, 6) is 0. The van der Waals surface area contributed by atoms with Gasteiger partial charge in [0.05, 0.1) is 18.7 Å². The lowest BCUT2D eigenvalue weighted by Crippen LogP contribution is -2.19.